The van der Waals surface area contributed by atoms with Gasteiger partial charge < -0.3 is 14.4 Å². The summed E-state index contributed by atoms with van der Waals surface area (Å²) in [5.41, 5.74) is 1.93. The van der Waals surface area contributed by atoms with Crippen molar-refractivity contribution in [1.29, 1.82) is 0 Å². The number of nitrogens with one attached hydrogen (secondary N) is 1. The molecule has 3 heterocycles. The monoisotopic (exact) mass is 354 g/mol. The molecule has 134 valence electrons. The van der Waals surface area contributed by atoms with E-state index in [1.165, 1.54) is 12.1 Å². The van der Waals surface area contributed by atoms with Gasteiger partial charge in [0.1, 0.15) is 23.1 Å². The SMILES string of the molecule is Cc1cc(NC(=O)c2nc(-c3cccc(F)c3)n3c2CCCCC3)no1. The number of carbonyl (C=O) groups excluding carboxylic acids is 1. The highest BCUT2D eigenvalue weighted by atomic mass is 19.1. The normalized spacial score (nSPS) is 13.9. The van der Waals surface area contributed by atoms with Crippen LogP contribution in [0.2, 0.25) is 0 Å². The number of imidazole rings is 1. The van der Waals surface area contributed by atoms with Gasteiger partial charge in [-0.3, -0.25) is 4.79 Å². The van der Waals surface area contributed by atoms with Gasteiger partial charge in [-0.05, 0) is 38.3 Å². The standard InChI is InChI=1S/C19H19FN4O2/c1-12-10-16(23-26-12)21-19(25)17-15-8-3-2-4-9-24(15)18(22-17)13-6-5-7-14(20)11-13/h5-7,10-11H,2-4,8-9H2,1H3,(H,21,23,25). The lowest BCUT2D eigenvalue weighted by Gasteiger charge is -2.09. The number of nitrogens with zero attached hydrogens (tertiary/aromatic N) is 3. The summed E-state index contributed by atoms with van der Waals surface area (Å²) in [7, 11) is 0. The van der Waals surface area contributed by atoms with Crippen molar-refractivity contribution in [2.75, 3.05) is 5.32 Å². The molecule has 0 saturated carbocycles. The number of hydrogen-bond donors (Lipinski definition) is 1. The van der Waals surface area contributed by atoms with Crippen molar-refractivity contribution < 1.29 is 13.7 Å². The first-order valence-electron chi connectivity index (χ1n) is 8.72. The zero-order valence-corrected chi connectivity index (χ0v) is 14.5. The number of benzene rings is 1. The molecule has 0 bridgehead atoms. The maximum Gasteiger partial charge on any atom is 0.277 e. The molecule has 6 nitrogen and oxygen atoms in total. The quantitative estimate of drug-likeness (QED) is 0.772. The van der Waals surface area contributed by atoms with Gasteiger partial charge in [-0.25, -0.2) is 9.37 Å². The molecule has 1 aliphatic rings. The van der Waals surface area contributed by atoms with Crippen LogP contribution < -0.4 is 5.32 Å². The molecule has 0 unspecified atom stereocenters. The van der Waals surface area contributed by atoms with Crippen molar-refractivity contribution in [2.24, 2.45) is 0 Å². The van der Waals surface area contributed by atoms with Gasteiger partial charge in [0.15, 0.2) is 5.82 Å². The Hall–Kier alpha value is -2.96. The van der Waals surface area contributed by atoms with Gasteiger partial charge in [-0.15, -0.1) is 0 Å². The minimum atomic E-state index is -0.327. The second kappa shape index (κ2) is 6.74. The lowest BCUT2D eigenvalue weighted by atomic mass is 10.1. The zero-order chi connectivity index (χ0) is 18.1. The summed E-state index contributed by atoms with van der Waals surface area (Å²) in [4.78, 5) is 17.4. The van der Waals surface area contributed by atoms with Crippen LogP contribution in [0.1, 0.15) is 41.2 Å². The van der Waals surface area contributed by atoms with Crippen molar-refractivity contribution in [1.82, 2.24) is 14.7 Å². The Morgan fingerprint density at radius 1 is 1.27 bits per heavy atom. The van der Waals surface area contributed by atoms with Gasteiger partial charge >= 0.3 is 0 Å². The molecule has 0 aliphatic carbocycles. The molecule has 4 rings (SSSR count). The third-order valence-electron chi connectivity index (χ3n) is 4.54. The molecule has 0 atom stereocenters. The lowest BCUT2D eigenvalue weighted by molar-refractivity contribution is 0.102. The highest BCUT2D eigenvalue weighted by molar-refractivity contribution is 6.03. The Balaban J connectivity index is 1.75. The molecule has 2 aromatic heterocycles. The first-order valence-corrected chi connectivity index (χ1v) is 8.72. The molecular weight excluding hydrogens is 335 g/mol. The number of rotatable bonds is 3. The minimum Gasteiger partial charge on any atom is -0.360 e. The summed E-state index contributed by atoms with van der Waals surface area (Å²) in [5, 5.41) is 6.53. The summed E-state index contributed by atoms with van der Waals surface area (Å²) in [6.45, 7) is 2.53. The summed E-state index contributed by atoms with van der Waals surface area (Å²) in [5.74, 6) is 0.951. The fourth-order valence-electron chi connectivity index (χ4n) is 3.35. The van der Waals surface area contributed by atoms with E-state index < -0.39 is 0 Å². The number of amides is 1. The largest absolute Gasteiger partial charge is 0.360 e. The molecule has 26 heavy (non-hydrogen) atoms. The number of aryl methyl sites for hydroxylation is 1. The number of aromatic nitrogens is 3. The molecular formula is C19H19FN4O2. The molecule has 1 N–H and O–H groups in total. The summed E-state index contributed by atoms with van der Waals surface area (Å²) in [6.07, 6.45) is 3.86. The van der Waals surface area contributed by atoms with Gasteiger partial charge in [-0.2, -0.15) is 0 Å². The third-order valence-corrected chi connectivity index (χ3v) is 4.54. The van der Waals surface area contributed by atoms with E-state index in [1.807, 2.05) is 10.6 Å². The van der Waals surface area contributed by atoms with Gasteiger partial charge in [0.25, 0.3) is 5.91 Å². The van der Waals surface area contributed by atoms with E-state index in [1.54, 1.807) is 19.1 Å². The van der Waals surface area contributed by atoms with Crippen molar-refractivity contribution in [3.05, 3.63) is 53.3 Å². The van der Waals surface area contributed by atoms with Gasteiger partial charge in [0.2, 0.25) is 0 Å². The van der Waals surface area contributed by atoms with E-state index in [0.717, 1.165) is 37.9 Å². The van der Waals surface area contributed by atoms with E-state index in [-0.39, 0.29) is 11.7 Å². The first-order chi connectivity index (χ1) is 12.6. The van der Waals surface area contributed by atoms with Crippen molar-refractivity contribution in [2.45, 2.75) is 39.2 Å². The number of halogens is 1. The van der Waals surface area contributed by atoms with Crippen LogP contribution >= 0.6 is 0 Å². The Morgan fingerprint density at radius 3 is 2.92 bits per heavy atom. The summed E-state index contributed by atoms with van der Waals surface area (Å²) >= 11 is 0. The topological polar surface area (TPSA) is 73.0 Å². The van der Waals surface area contributed by atoms with Crippen molar-refractivity contribution >= 4 is 11.7 Å². The second-order valence-electron chi connectivity index (χ2n) is 6.48. The predicted octanol–water partition coefficient (Wildman–Crippen LogP) is 3.96. The van der Waals surface area contributed by atoms with Crippen molar-refractivity contribution in [3.8, 4) is 11.4 Å². The molecule has 1 aliphatic heterocycles. The molecule has 0 saturated heterocycles. The highest BCUT2D eigenvalue weighted by Crippen LogP contribution is 2.28. The van der Waals surface area contributed by atoms with Crippen LogP contribution in [0.5, 0.6) is 0 Å². The highest BCUT2D eigenvalue weighted by Gasteiger charge is 2.25. The van der Waals surface area contributed by atoms with Crippen LogP contribution in [0.25, 0.3) is 11.4 Å². The van der Waals surface area contributed by atoms with E-state index in [9.17, 15) is 9.18 Å². The molecule has 1 aromatic carbocycles. The Labute approximate surface area is 150 Å². The number of anilines is 1. The van der Waals surface area contributed by atoms with E-state index in [4.69, 9.17) is 4.52 Å². The van der Waals surface area contributed by atoms with Gasteiger partial charge in [0.05, 0.1) is 5.69 Å². The second-order valence-corrected chi connectivity index (χ2v) is 6.48. The Bertz CT molecular complexity index is 960. The summed E-state index contributed by atoms with van der Waals surface area (Å²) < 4.78 is 20.7. The fourth-order valence-corrected chi connectivity index (χ4v) is 3.35. The summed E-state index contributed by atoms with van der Waals surface area (Å²) in [6, 6.07) is 7.97. The van der Waals surface area contributed by atoms with Crippen LogP contribution in [0, 0.1) is 12.7 Å². The average Bonchev–Trinajstić information content (AvgIpc) is 3.10. The third kappa shape index (κ3) is 3.12. The number of hydrogen-bond acceptors (Lipinski definition) is 4. The predicted molar refractivity (Wildman–Crippen MR) is 94.4 cm³/mol. The van der Waals surface area contributed by atoms with Crippen LogP contribution in [0.4, 0.5) is 10.2 Å². The Morgan fingerprint density at radius 2 is 2.15 bits per heavy atom. The van der Waals surface area contributed by atoms with E-state index in [2.05, 4.69) is 15.5 Å². The average molecular weight is 354 g/mol. The van der Waals surface area contributed by atoms with Crippen LogP contribution in [-0.2, 0) is 13.0 Å². The van der Waals surface area contributed by atoms with Gasteiger partial charge in [0, 0.05) is 18.2 Å². The van der Waals surface area contributed by atoms with Crippen LogP contribution in [0.3, 0.4) is 0 Å². The zero-order valence-electron chi connectivity index (χ0n) is 14.5. The first kappa shape index (κ1) is 16.5. The lowest BCUT2D eigenvalue weighted by Crippen LogP contribution is -2.15. The minimum absolute atomic E-state index is 0.322. The molecule has 0 radical (unpaired) electrons. The Kier molecular flexibility index (Phi) is 4.28. The molecule has 7 heteroatoms. The van der Waals surface area contributed by atoms with Crippen LogP contribution in [0.15, 0.2) is 34.9 Å². The molecule has 1 amide bonds. The van der Waals surface area contributed by atoms with E-state index >= 15 is 0 Å². The molecule has 0 spiro atoms. The molecule has 3 aromatic rings. The van der Waals surface area contributed by atoms with Crippen LogP contribution in [-0.4, -0.2) is 20.6 Å². The van der Waals surface area contributed by atoms with Gasteiger partial charge in [-0.1, -0.05) is 23.7 Å². The maximum atomic E-state index is 13.7. The van der Waals surface area contributed by atoms with E-state index in [0.29, 0.717) is 28.7 Å². The number of carbonyl (C=O) groups is 1. The number of fused-ring (bicyclic) bond motifs is 1. The maximum absolute atomic E-state index is 13.7. The smallest absolute Gasteiger partial charge is 0.277 e. The fraction of sp³-hybridized carbons (Fsp3) is 0.316. The van der Waals surface area contributed by atoms with Crippen molar-refractivity contribution in [3.63, 3.8) is 0 Å². The molecule has 0 fully saturated rings.